The summed E-state index contributed by atoms with van der Waals surface area (Å²) in [5.41, 5.74) is 1.49. The minimum atomic E-state index is 0.0555. The third-order valence-electron chi connectivity index (χ3n) is 4.59. The number of rotatable bonds is 4. The van der Waals surface area contributed by atoms with Gasteiger partial charge < -0.3 is 14.6 Å². The van der Waals surface area contributed by atoms with Crippen LogP contribution in [0.2, 0.25) is 0 Å². The van der Waals surface area contributed by atoms with Crippen LogP contribution >= 0.6 is 0 Å². The fraction of sp³-hybridized carbons (Fsp3) is 0.300. The van der Waals surface area contributed by atoms with Gasteiger partial charge in [0, 0.05) is 24.7 Å². The molecular formula is C20H21N3O2. The number of nitrogens with one attached hydrogen (secondary N) is 1. The maximum absolute atomic E-state index is 12.8. The average molecular weight is 335 g/mol. The molecule has 3 heterocycles. The SMILES string of the molecule is O=C(c1cccnc1NCc1cc2ccccc2o1)N1CCCCC1. The normalized spacial score (nSPS) is 14.6. The second kappa shape index (κ2) is 6.97. The highest BCUT2D eigenvalue weighted by molar-refractivity contribution is 5.98. The van der Waals surface area contributed by atoms with E-state index in [1.165, 1.54) is 6.42 Å². The fourth-order valence-corrected chi connectivity index (χ4v) is 3.28. The zero-order chi connectivity index (χ0) is 17.1. The van der Waals surface area contributed by atoms with E-state index in [0.29, 0.717) is 17.9 Å². The zero-order valence-corrected chi connectivity index (χ0v) is 14.1. The Morgan fingerprint density at radius 1 is 1.12 bits per heavy atom. The number of para-hydroxylation sites is 1. The summed E-state index contributed by atoms with van der Waals surface area (Å²) in [6.45, 7) is 2.15. The van der Waals surface area contributed by atoms with E-state index < -0.39 is 0 Å². The summed E-state index contributed by atoms with van der Waals surface area (Å²) in [5, 5.41) is 4.33. The summed E-state index contributed by atoms with van der Waals surface area (Å²) in [4.78, 5) is 19.1. The minimum Gasteiger partial charge on any atom is -0.459 e. The van der Waals surface area contributed by atoms with Gasteiger partial charge in [-0.05, 0) is 43.5 Å². The molecule has 0 atom stereocenters. The van der Waals surface area contributed by atoms with Crippen molar-refractivity contribution < 1.29 is 9.21 Å². The van der Waals surface area contributed by atoms with Crippen molar-refractivity contribution >= 4 is 22.7 Å². The molecule has 1 aliphatic rings. The molecule has 3 aromatic rings. The van der Waals surface area contributed by atoms with Gasteiger partial charge in [0.05, 0.1) is 12.1 Å². The number of furan rings is 1. The van der Waals surface area contributed by atoms with E-state index in [0.717, 1.165) is 42.7 Å². The molecule has 0 spiro atoms. The number of benzene rings is 1. The maximum Gasteiger partial charge on any atom is 0.257 e. The van der Waals surface area contributed by atoms with Gasteiger partial charge in [-0.3, -0.25) is 4.79 Å². The largest absolute Gasteiger partial charge is 0.459 e. The smallest absolute Gasteiger partial charge is 0.257 e. The van der Waals surface area contributed by atoms with E-state index in [9.17, 15) is 4.79 Å². The first-order valence-corrected chi connectivity index (χ1v) is 8.77. The number of pyridine rings is 1. The Bertz CT molecular complexity index is 848. The summed E-state index contributed by atoms with van der Waals surface area (Å²) in [6, 6.07) is 13.6. The van der Waals surface area contributed by atoms with Crippen molar-refractivity contribution in [2.45, 2.75) is 25.8 Å². The monoisotopic (exact) mass is 335 g/mol. The first-order valence-electron chi connectivity index (χ1n) is 8.77. The summed E-state index contributed by atoms with van der Waals surface area (Å²) in [5.74, 6) is 1.49. The highest BCUT2D eigenvalue weighted by Gasteiger charge is 2.21. The molecule has 1 fully saturated rings. The van der Waals surface area contributed by atoms with Gasteiger partial charge >= 0.3 is 0 Å². The van der Waals surface area contributed by atoms with Crippen LogP contribution in [-0.2, 0) is 6.54 Å². The molecule has 0 radical (unpaired) electrons. The molecule has 1 aromatic carbocycles. The lowest BCUT2D eigenvalue weighted by atomic mass is 10.1. The molecule has 1 amide bonds. The summed E-state index contributed by atoms with van der Waals surface area (Å²) < 4.78 is 5.82. The van der Waals surface area contributed by atoms with Crippen LogP contribution in [0.15, 0.2) is 53.1 Å². The molecule has 0 aliphatic carbocycles. The van der Waals surface area contributed by atoms with Gasteiger partial charge in [-0.2, -0.15) is 0 Å². The number of carbonyl (C=O) groups is 1. The standard InChI is InChI=1S/C20H21N3O2/c24-20(23-11-4-1-5-12-23)17-8-6-10-21-19(17)22-14-16-13-15-7-2-3-9-18(15)25-16/h2-3,6-10,13H,1,4-5,11-12,14H2,(H,21,22). The molecule has 0 bridgehead atoms. The second-order valence-electron chi connectivity index (χ2n) is 6.36. The van der Waals surface area contributed by atoms with E-state index in [1.807, 2.05) is 47.4 Å². The molecule has 128 valence electrons. The predicted octanol–water partition coefficient (Wildman–Crippen LogP) is 4.07. The quantitative estimate of drug-likeness (QED) is 0.781. The Morgan fingerprint density at radius 2 is 1.96 bits per heavy atom. The molecule has 5 nitrogen and oxygen atoms in total. The first-order chi connectivity index (χ1) is 12.3. The first kappa shape index (κ1) is 15.7. The van der Waals surface area contributed by atoms with Gasteiger partial charge in [-0.25, -0.2) is 4.98 Å². The van der Waals surface area contributed by atoms with E-state index in [1.54, 1.807) is 6.20 Å². The summed E-state index contributed by atoms with van der Waals surface area (Å²) in [6.07, 6.45) is 5.06. The van der Waals surface area contributed by atoms with Crippen LogP contribution in [0.4, 0.5) is 5.82 Å². The molecule has 0 unspecified atom stereocenters. The number of fused-ring (bicyclic) bond motifs is 1. The second-order valence-corrected chi connectivity index (χ2v) is 6.36. The van der Waals surface area contributed by atoms with Crippen molar-refractivity contribution in [1.82, 2.24) is 9.88 Å². The Morgan fingerprint density at radius 3 is 2.80 bits per heavy atom. The molecule has 0 saturated carbocycles. The van der Waals surface area contributed by atoms with Crippen molar-refractivity contribution in [2.75, 3.05) is 18.4 Å². The fourth-order valence-electron chi connectivity index (χ4n) is 3.28. The maximum atomic E-state index is 12.8. The molecular weight excluding hydrogens is 314 g/mol. The molecule has 1 N–H and O–H groups in total. The van der Waals surface area contributed by atoms with Crippen molar-refractivity contribution in [3.8, 4) is 0 Å². The van der Waals surface area contributed by atoms with E-state index in [2.05, 4.69) is 10.3 Å². The van der Waals surface area contributed by atoms with Crippen molar-refractivity contribution in [1.29, 1.82) is 0 Å². The van der Waals surface area contributed by atoms with Crippen LogP contribution in [0, 0.1) is 0 Å². The minimum absolute atomic E-state index is 0.0555. The lowest BCUT2D eigenvalue weighted by Gasteiger charge is -2.27. The van der Waals surface area contributed by atoms with E-state index >= 15 is 0 Å². The number of anilines is 1. The van der Waals surface area contributed by atoms with Crippen molar-refractivity contribution in [2.24, 2.45) is 0 Å². The Kier molecular flexibility index (Phi) is 4.37. The van der Waals surface area contributed by atoms with E-state index in [-0.39, 0.29) is 5.91 Å². The van der Waals surface area contributed by atoms with Crippen LogP contribution in [-0.4, -0.2) is 28.9 Å². The van der Waals surface area contributed by atoms with Crippen LogP contribution < -0.4 is 5.32 Å². The molecule has 2 aromatic heterocycles. The van der Waals surface area contributed by atoms with E-state index in [4.69, 9.17) is 4.42 Å². The lowest BCUT2D eigenvalue weighted by Crippen LogP contribution is -2.36. The Hall–Kier alpha value is -2.82. The van der Waals surface area contributed by atoms with Gasteiger partial charge in [0.15, 0.2) is 0 Å². The topological polar surface area (TPSA) is 58.4 Å². The lowest BCUT2D eigenvalue weighted by molar-refractivity contribution is 0.0725. The number of aromatic nitrogens is 1. The average Bonchev–Trinajstić information content (AvgIpc) is 3.10. The molecule has 5 heteroatoms. The summed E-state index contributed by atoms with van der Waals surface area (Å²) in [7, 11) is 0. The molecule has 1 saturated heterocycles. The van der Waals surface area contributed by atoms with Crippen LogP contribution in [0.3, 0.4) is 0 Å². The number of amides is 1. The Labute approximate surface area is 146 Å². The van der Waals surface area contributed by atoms with Crippen molar-refractivity contribution in [3.05, 3.63) is 60.0 Å². The Balaban J connectivity index is 1.51. The number of nitrogens with zero attached hydrogens (tertiary/aromatic N) is 2. The van der Waals surface area contributed by atoms with Gasteiger partial charge in [0.2, 0.25) is 0 Å². The number of carbonyl (C=O) groups excluding carboxylic acids is 1. The third kappa shape index (κ3) is 3.36. The van der Waals surface area contributed by atoms with Crippen molar-refractivity contribution in [3.63, 3.8) is 0 Å². The number of hydrogen-bond acceptors (Lipinski definition) is 4. The van der Waals surface area contributed by atoms with Gasteiger partial charge in [-0.15, -0.1) is 0 Å². The van der Waals surface area contributed by atoms with Gasteiger partial charge in [-0.1, -0.05) is 18.2 Å². The number of hydrogen-bond donors (Lipinski definition) is 1. The summed E-state index contributed by atoms with van der Waals surface area (Å²) >= 11 is 0. The zero-order valence-electron chi connectivity index (χ0n) is 14.1. The molecule has 1 aliphatic heterocycles. The molecule has 25 heavy (non-hydrogen) atoms. The molecule has 4 rings (SSSR count). The van der Waals surface area contributed by atoms with Gasteiger partial charge in [0.1, 0.15) is 17.2 Å². The van der Waals surface area contributed by atoms with Crippen LogP contribution in [0.1, 0.15) is 35.4 Å². The number of piperidine rings is 1. The van der Waals surface area contributed by atoms with Gasteiger partial charge in [0.25, 0.3) is 5.91 Å². The van der Waals surface area contributed by atoms with Crippen LogP contribution in [0.5, 0.6) is 0 Å². The highest BCUT2D eigenvalue weighted by atomic mass is 16.3. The highest BCUT2D eigenvalue weighted by Crippen LogP contribution is 2.21. The predicted molar refractivity (Wildman–Crippen MR) is 97.5 cm³/mol. The number of likely N-dealkylation sites (tertiary alicyclic amines) is 1. The van der Waals surface area contributed by atoms with Crippen LogP contribution in [0.25, 0.3) is 11.0 Å². The third-order valence-corrected chi connectivity index (χ3v) is 4.59.